The lowest BCUT2D eigenvalue weighted by molar-refractivity contribution is 0.487. The van der Waals surface area contributed by atoms with E-state index in [0.29, 0.717) is 12.1 Å². The summed E-state index contributed by atoms with van der Waals surface area (Å²) in [5, 5.41) is 4.30. The topological polar surface area (TPSA) is 72.2 Å². The summed E-state index contributed by atoms with van der Waals surface area (Å²) in [6, 6.07) is 9.91. The highest BCUT2D eigenvalue weighted by atomic mass is 32.2. The standard InChI is InChI=1S/C16H14N2O3S/c19-22(20,16-3-1-2-7-18-16)11-4-5-12-13-6-8-17-10-15(13)21-14(12)9-11/h1-5,7,9,17H,6,8,10H2. The van der Waals surface area contributed by atoms with Crippen LogP contribution in [0.5, 0.6) is 0 Å². The minimum absolute atomic E-state index is 0.0485. The van der Waals surface area contributed by atoms with Gasteiger partial charge in [-0.15, -0.1) is 0 Å². The molecule has 3 heterocycles. The lowest BCUT2D eigenvalue weighted by atomic mass is 10.1. The SMILES string of the molecule is O=S(=O)(c1ccc2c3c(oc2c1)CNCC3)c1ccccn1. The van der Waals surface area contributed by atoms with Crippen molar-refractivity contribution in [2.24, 2.45) is 0 Å². The molecule has 1 N–H and O–H groups in total. The van der Waals surface area contributed by atoms with Crippen molar-refractivity contribution in [1.82, 2.24) is 10.3 Å². The normalized spacial score (nSPS) is 14.9. The van der Waals surface area contributed by atoms with Crippen LogP contribution in [0.2, 0.25) is 0 Å². The van der Waals surface area contributed by atoms with Gasteiger partial charge in [-0.3, -0.25) is 0 Å². The van der Waals surface area contributed by atoms with Gasteiger partial charge in [0.1, 0.15) is 11.3 Å². The number of rotatable bonds is 2. The van der Waals surface area contributed by atoms with E-state index in [-0.39, 0.29) is 9.92 Å². The first-order chi connectivity index (χ1) is 10.7. The molecule has 5 nitrogen and oxygen atoms in total. The van der Waals surface area contributed by atoms with E-state index in [2.05, 4.69) is 10.3 Å². The van der Waals surface area contributed by atoms with E-state index in [1.54, 1.807) is 24.3 Å². The lowest BCUT2D eigenvalue weighted by Gasteiger charge is -2.10. The molecule has 0 spiro atoms. The van der Waals surface area contributed by atoms with Crippen LogP contribution in [-0.2, 0) is 22.8 Å². The van der Waals surface area contributed by atoms with Gasteiger partial charge in [0.15, 0.2) is 5.03 Å². The fourth-order valence-electron chi connectivity index (χ4n) is 2.81. The number of pyridine rings is 1. The summed E-state index contributed by atoms with van der Waals surface area (Å²) in [5.41, 5.74) is 1.79. The third-order valence-electron chi connectivity index (χ3n) is 3.91. The number of hydrogen-bond acceptors (Lipinski definition) is 5. The molecular weight excluding hydrogens is 300 g/mol. The molecule has 0 fully saturated rings. The monoisotopic (exact) mass is 314 g/mol. The first-order valence-corrected chi connectivity index (χ1v) is 8.56. The van der Waals surface area contributed by atoms with E-state index in [1.165, 1.54) is 17.8 Å². The second kappa shape index (κ2) is 4.93. The number of fused-ring (bicyclic) bond motifs is 3. The summed E-state index contributed by atoms with van der Waals surface area (Å²) in [4.78, 5) is 4.15. The summed E-state index contributed by atoms with van der Waals surface area (Å²) in [6.45, 7) is 1.60. The van der Waals surface area contributed by atoms with Gasteiger partial charge in [0, 0.05) is 23.2 Å². The van der Waals surface area contributed by atoms with Gasteiger partial charge in [0.05, 0.1) is 11.4 Å². The molecule has 0 bridgehead atoms. The second-order valence-corrected chi connectivity index (χ2v) is 7.16. The van der Waals surface area contributed by atoms with Crippen LogP contribution in [0.25, 0.3) is 11.0 Å². The van der Waals surface area contributed by atoms with Crippen molar-refractivity contribution in [2.45, 2.75) is 22.9 Å². The highest BCUT2D eigenvalue weighted by Gasteiger charge is 2.22. The van der Waals surface area contributed by atoms with E-state index in [9.17, 15) is 8.42 Å². The Bertz CT molecular complexity index is 946. The molecule has 3 aromatic rings. The molecule has 0 aliphatic carbocycles. The third kappa shape index (κ3) is 2.03. The molecule has 0 radical (unpaired) electrons. The van der Waals surface area contributed by atoms with Gasteiger partial charge in [-0.1, -0.05) is 6.07 Å². The smallest absolute Gasteiger partial charge is 0.223 e. The number of nitrogens with one attached hydrogen (secondary N) is 1. The molecule has 4 rings (SSSR count). The third-order valence-corrected chi connectivity index (χ3v) is 5.58. The van der Waals surface area contributed by atoms with Crippen molar-refractivity contribution in [3.05, 3.63) is 53.9 Å². The van der Waals surface area contributed by atoms with Gasteiger partial charge < -0.3 is 9.73 Å². The average molecular weight is 314 g/mol. The fourth-order valence-corrected chi connectivity index (χ4v) is 4.02. The van der Waals surface area contributed by atoms with Crippen LogP contribution in [0, 0.1) is 0 Å². The Balaban J connectivity index is 1.87. The molecule has 1 aliphatic heterocycles. The van der Waals surface area contributed by atoms with Crippen LogP contribution in [0.4, 0.5) is 0 Å². The Hall–Kier alpha value is -2.18. The molecule has 2 aromatic heterocycles. The van der Waals surface area contributed by atoms with Crippen LogP contribution in [0.15, 0.2) is 56.9 Å². The fraction of sp³-hybridized carbons (Fsp3) is 0.188. The molecule has 1 aliphatic rings. The number of sulfone groups is 1. The highest BCUT2D eigenvalue weighted by Crippen LogP contribution is 2.31. The van der Waals surface area contributed by atoms with E-state index >= 15 is 0 Å². The Morgan fingerprint density at radius 1 is 1.18 bits per heavy atom. The Kier molecular flexibility index (Phi) is 3.02. The van der Waals surface area contributed by atoms with Crippen molar-refractivity contribution < 1.29 is 12.8 Å². The van der Waals surface area contributed by atoms with Crippen LogP contribution < -0.4 is 5.32 Å². The summed E-state index contributed by atoms with van der Waals surface area (Å²) in [7, 11) is -3.62. The lowest BCUT2D eigenvalue weighted by Crippen LogP contribution is -2.22. The summed E-state index contributed by atoms with van der Waals surface area (Å²) in [5.74, 6) is 0.897. The van der Waals surface area contributed by atoms with E-state index in [4.69, 9.17) is 4.42 Å². The zero-order valence-electron chi connectivity index (χ0n) is 11.7. The van der Waals surface area contributed by atoms with Crippen LogP contribution in [-0.4, -0.2) is 19.9 Å². The highest BCUT2D eigenvalue weighted by molar-refractivity contribution is 7.91. The molecule has 0 saturated heterocycles. The van der Waals surface area contributed by atoms with Gasteiger partial charge >= 0.3 is 0 Å². The van der Waals surface area contributed by atoms with Crippen molar-refractivity contribution in [3.8, 4) is 0 Å². The van der Waals surface area contributed by atoms with Gasteiger partial charge in [-0.25, -0.2) is 13.4 Å². The van der Waals surface area contributed by atoms with E-state index in [1.807, 2.05) is 6.07 Å². The Morgan fingerprint density at radius 2 is 2.09 bits per heavy atom. The first kappa shape index (κ1) is 13.5. The average Bonchev–Trinajstić information content (AvgIpc) is 2.93. The molecule has 22 heavy (non-hydrogen) atoms. The predicted molar refractivity (Wildman–Crippen MR) is 81.3 cm³/mol. The minimum Gasteiger partial charge on any atom is -0.459 e. The van der Waals surface area contributed by atoms with E-state index < -0.39 is 9.84 Å². The maximum Gasteiger partial charge on any atom is 0.223 e. The van der Waals surface area contributed by atoms with Gasteiger partial charge in [0.2, 0.25) is 9.84 Å². The molecule has 6 heteroatoms. The maximum atomic E-state index is 12.6. The van der Waals surface area contributed by atoms with Gasteiger partial charge in [-0.05, 0) is 37.2 Å². The van der Waals surface area contributed by atoms with Crippen LogP contribution >= 0.6 is 0 Å². The molecular formula is C16H14N2O3S. The Morgan fingerprint density at radius 3 is 2.91 bits per heavy atom. The zero-order valence-corrected chi connectivity index (χ0v) is 12.6. The van der Waals surface area contributed by atoms with Crippen molar-refractivity contribution in [3.63, 3.8) is 0 Å². The molecule has 0 atom stereocenters. The van der Waals surface area contributed by atoms with Crippen molar-refractivity contribution >= 4 is 20.8 Å². The maximum absolute atomic E-state index is 12.6. The second-order valence-electron chi connectivity index (χ2n) is 5.26. The number of aromatic nitrogens is 1. The predicted octanol–water partition coefficient (Wildman–Crippen LogP) is 2.31. The van der Waals surface area contributed by atoms with Crippen molar-refractivity contribution in [1.29, 1.82) is 0 Å². The number of hydrogen-bond donors (Lipinski definition) is 1. The minimum atomic E-state index is -3.62. The molecule has 0 saturated carbocycles. The molecule has 0 amide bonds. The number of furan rings is 1. The number of nitrogens with zero attached hydrogens (tertiary/aromatic N) is 1. The first-order valence-electron chi connectivity index (χ1n) is 7.07. The molecule has 112 valence electrons. The zero-order chi connectivity index (χ0) is 15.2. The van der Waals surface area contributed by atoms with Crippen LogP contribution in [0.1, 0.15) is 11.3 Å². The molecule has 0 unspecified atom stereocenters. The summed E-state index contributed by atoms with van der Waals surface area (Å²) in [6.07, 6.45) is 2.37. The largest absolute Gasteiger partial charge is 0.459 e. The summed E-state index contributed by atoms with van der Waals surface area (Å²) >= 11 is 0. The summed E-state index contributed by atoms with van der Waals surface area (Å²) < 4.78 is 31.0. The van der Waals surface area contributed by atoms with Gasteiger partial charge in [0.25, 0.3) is 0 Å². The molecule has 1 aromatic carbocycles. The quantitative estimate of drug-likeness (QED) is 0.786. The van der Waals surface area contributed by atoms with Crippen molar-refractivity contribution in [2.75, 3.05) is 6.54 Å². The van der Waals surface area contributed by atoms with Gasteiger partial charge in [-0.2, -0.15) is 0 Å². The van der Waals surface area contributed by atoms with Crippen LogP contribution in [0.3, 0.4) is 0 Å². The van der Waals surface area contributed by atoms with E-state index in [0.717, 1.165) is 24.1 Å². The Labute approximate surface area is 127 Å². The number of benzene rings is 1.